The summed E-state index contributed by atoms with van der Waals surface area (Å²) in [5.41, 5.74) is 8.52. The number of methoxy groups -OCH3 is 2. The molecule has 0 aliphatic heterocycles. The van der Waals surface area contributed by atoms with Crippen molar-refractivity contribution < 1.29 is 9.47 Å². The maximum absolute atomic E-state index is 5.63. The normalized spacial score (nSPS) is 10.2. The Labute approximate surface area is 106 Å². The van der Waals surface area contributed by atoms with Crippen molar-refractivity contribution in [2.75, 3.05) is 14.2 Å². The number of hydrogen-bond acceptors (Lipinski definition) is 4. The van der Waals surface area contributed by atoms with Crippen molar-refractivity contribution in [3.8, 4) is 22.6 Å². The fourth-order valence-corrected chi connectivity index (χ4v) is 1.79. The standard InChI is InChI=1S/C14H16N2O2/c1-17-12-3-4-14(18-2)13(6-12)11-5-10(7-15)8-16-9-11/h3-6,8-9H,7,15H2,1-2H3. The summed E-state index contributed by atoms with van der Waals surface area (Å²) in [7, 11) is 3.28. The van der Waals surface area contributed by atoms with Gasteiger partial charge in [-0.1, -0.05) is 0 Å². The van der Waals surface area contributed by atoms with Crippen LogP contribution in [0.3, 0.4) is 0 Å². The van der Waals surface area contributed by atoms with Crippen molar-refractivity contribution >= 4 is 0 Å². The van der Waals surface area contributed by atoms with Crippen LogP contribution >= 0.6 is 0 Å². The van der Waals surface area contributed by atoms with Gasteiger partial charge in [-0.25, -0.2) is 0 Å². The molecule has 2 aromatic rings. The summed E-state index contributed by atoms with van der Waals surface area (Å²) in [6.45, 7) is 0.465. The average Bonchev–Trinajstić information content (AvgIpc) is 2.46. The van der Waals surface area contributed by atoms with E-state index in [0.717, 1.165) is 28.2 Å². The van der Waals surface area contributed by atoms with Crippen LogP contribution < -0.4 is 15.2 Å². The second-order valence-electron chi connectivity index (χ2n) is 3.85. The smallest absolute Gasteiger partial charge is 0.127 e. The summed E-state index contributed by atoms with van der Waals surface area (Å²) in [5.74, 6) is 1.57. The predicted octanol–water partition coefficient (Wildman–Crippen LogP) is 2.22. The van der Waals surface area contributed by atoms with Crippen LogP contribution in [0.25, 0.3) is 11.1 Å². The first-order chi connectivity index (χ1) is 8.78. The maximum atomic E-state index is 5.63. The third-order valence-electron chi connectivity index (χ3n) is 2.75. The van der Waals surface area contributed by atoms with Crippen molar-refractivity contribution in [2.45, 2.75) is 6.54 Å². The van der Waals surface area contributed by atoms with Gasteiger partial charge in [-0.3, -0.25) is 4.98 Å². The zero-order valence-electron chi connectivity index (χ0n) is 10.5. The number of hydrogen-bond donors (Lipinski definition) is 1. The number of ether oxygens (including phenoxy) is 2. The molecule has 0 fully saturated rings. The molecule has 1 aromatic heterocycles. The van der Waals surface area contributed by atoms with Crippen LogP contribution in [-0.2, 0) is 6.54 Å². The fraction of sp³-hybridized carbons (Fsp3) is 0.214. The zero-order valence-corrected chi connectivity index (χ0v) is 10.5. The van der Waals surface area contributed by atoms with Crippen LogP contribution in [0, 0.1) is 0 Å². The number of benzene rings is 1. The summed E-state index contributed by atoms with van der Waals surface area (Å²) in [6, 6.07) is 7.67. The first kappa shape index (κ1) is 12.4. The van der Waals surface area contributed by atoms with E-state index in [9.17, 15) is 0 Å². The molecule has 4 nitrogen and oxygen atoms in total. The van der Waals surface area contributed by atoms with Crippen LogP contribution in [-0.4, -0.2) is 19.2 Å². The van der Waals surface area contributed by atoms with E-state index in [1.165, 1.54) is 0 Å². The molecule has 0 radical (unpaired) electrons. The highest BCUT2D eigenvalue weighted by atomic mass is 16.5. The van der Waals surface area contributed by atoms with Gasteiger partial charge in [0.05, 0.1) is 14.2 Å². The van der Waals surface area contributed by atoms with Gasteiger partial charge in [0.2, 0.25) is 0 Å². The lowest BCUT2D eigenvalue weighted by Gasteiger charge is -2.11. The van der Waals surface area contributed by atoms with Crippen molar-refractivity contribution in [3.63, 3.8) is 0 Å². The number of nitrogens with zero attached hydrogens (tertiary/aromatic N) is 1. The molecule has 0 spiro atoms. The number of rotatable bonds is 4. The van der Waals surface area contributed by atoms with Gasteiger partial charge < -0.3 is 15.2 Å². The zero-order chi connectivity index (χ0) is 13.0. The quantitative estimate of drug-likeness (QED) is 0.896. The van der Waals surface area contributed by atoms with Crippen LogP contribution in [0.4, 0.5) is 0 Å². The molecule has 2 N–H and O–H groups in total. The highest BCUT2D eigenvalue weighted by Crippen LogP contribution is 2.33. The second kappa shape index (κ2) is 5.51. The molecule has 0 saturated heterocycles. The van der Waals surface area contributed by atoms with E-state index < -0.39 is 0 Å². The molecule has 0 bridgehead atoms. The van der Waals surface area contributed by atoms with Gasteiger partial charge in [-0.15, -0.1) is 0 Å². The van der Waals surface area contributed by atoms with E-state index in [0.29, 0.717) is 6.54 Å². The largest absolute Gasteiger partial charge is 0.497 e. The van der Waals surface area contributed by atoms with E-state index in [1.807, 2.05) is 24.3 Å². The molecule has 0 unspecified atom stereocenters. The number of aromatic nitrogens is 1. The lowest BCUT2D eigenvalue weighted by atomic mass is 10.0. The summed E-state index contributed by atoms with van der Waals surface area (Å²) in [4.78, 5) is 4.19. The molecule has 0 aliphatic rings. The van der Waals surface area contributed by atoms with E-state index in [-0.39, 0.29) is 0 Å². The van der Waals surface area contributed by atoms with Crippen molar-refractivity contribution in [1.29, 1.82) is 0 Å². The fourth-order valence-electron chi connectivity index (χ4n) is 1.79. The first-order valence-electron chi connectivity index (χ1n) is 5.65. The molecule has 1 aromatic carbocycles. The molecule has 0 atom stereocenters. The second-order valence-corrected chi connectivity index (χ2v) is 3.85. The molecule has 1 heterocycles. The molecule has 94 valence electrons. The van der Waals surface area contributed by atoms with Crippen molar-refractivity contribution in [3.05, 3.63) is 42.2 Å². The third kappa shape index (κ3) is 2.43. The Hall–Kier alpha value is -2.07. The Morgan fingerprint density at radius 3 is 2.61 bits per heavy atom. The van der Waals surface area contributed by atoms with E-state index >= 15 is 0 Å². The lowest BCUT2D eigenvalue weighted by molar-refractivity contribution is 0.404. The Morgan fingerprint density at radius 2 is 1.94 bits per heavy atom. The van der Waals surface area contributed by atoms with Gasteiger partial charge in [-0.2, -0.15) is 0 Å². The first-order valence-corrected chi connectivity index (χ1v) is 5.65. The van der Waals surface area contributed by atoms with Crippen LogP contribution in [0.1, 0.15) is 5.56 Å². The highest BCUT2D eigenvalue weighted by Gasteiger charge is 2.08. The Morgan fingerprint density at radius 1 is 1.11 bits per heavy atom. The van der Waals surface area contributed by atoms with E-state index in [2.05, 4.69) is 4.98 Å². The summed E-state index contributed by atoms with van der Waals surface area (Å²) >= 11 is 0. The molecular weight excluding hydrogens is 228 g/mol. The minimum atomic E-state index is 0.465. The minimum Gasteiger partial charge on any atom is -0.497 e. The topological polar surface area (TPSA) is 57.4 Å². The average molecular weight is 244 g/mol. The van der Waals surface area contributed by atoms with Gasteiger partial charge in [0.1, 0.15) is 11.5 Å². The van der Waals surface area contributed by atoms with Gasteiger partial charge in [-0.05, 0) is 29.8 Å². The Kier molecular flexibility index (Phi) is 3.79. The molecule has 18 heavy (non-hydrogen) atoms. The lowest BCUT2D eigenvalue weighted by Crippen LogP contribution is -1.97. The van der Waals surface area contributed by atoms with Crippen LogP contribution in [0.15, 0.2) is 36.7 Å². The minimum absolute atomic E-state index is 0.465. The monoisotopic (exact) mass is 244 g/mol. The maximum Gasteiger partial charge on any atom is 0.127 e. The molecule has 0 amide bonds. The predicted molar refractivity (Wildman–Crippen MR) is 70.7 cm³/mol. The Bertz CT molecular complexity index is 541. The van der Waals surface area contributed by atoms with Crippen molar-refractivity contribution in [1.82, 2.24) is 4.98 Å². The van der Waals surface area contributed by atoms with Gasteiger partial charge in [0.25, 0.3) is 0 Å². The summed E-state index contributed by atoms with van der Waals surface area (Å²) < 4.78 is 10.6. The number of pyridine rings is 1. The third-order valence-corrected chi connectivity index (χ3v) is 2.75. The SMILES string of the molecule is COc1ccc(OC)c(-c2cncc(CN)c2)c1. The van der Waals surface area contributed by atoms with Gasteiger partial charge >= 0.3 is 0 Å². The molecular formula is C14H16N2O2. The number of nitrogens with two attached hydrogens (primary N) is 1. The summed E-state index contributed by atoms with van der Waals surface area (Å²) in [6.07, 6.45) is 3.55. The van der Waals surface area contributed by atoms with Crippen molar-refractivity contribution in [2.24, 2.45) is 5.73 Å². The molecule has 2 rings (SSSR count). The van der Waals surface area contributed by atoms with E-state index in [4.69, 9.17) is 15.2 Å². The van der Waals surface area contributed by atoms with Crippen LogP contribution in [0.2, 0.25) is 0 Å². The Balaban J connectivity index is 2.53. The molecule has 4 heteroatoms. The molecule has 0 saturated carbocycles. The highest BCUT2D eigenvalue weighted by molar-refractivity contribution is 5.71. The van der Waals surface area contributed by atoms with Gasteiger partial charge in [0, 0.05) is 30.1 Å². The van der Waals surface area contributed by atoms with E-state index in [1.54, 1.807) is 26.6 Å². The van der Waals surface area contributed by atoms with Gasteiger partial charge in [0.15, 0.2) is 0 Å². The summed E-state index contributed by atoms with van der Waals surface area (Å²) in [5, 5.41) is 0. The van der Waals surface area contributed by atoms with Crippen LogP contribution in [0.5, 0.6) is 11.5 Å². The molecule has 0 aliphatic carbocycles.